The molecule has 0 aromatic rings. The fourth-order valence-corrected chi connectivity index (χ4v) is 1.09. The smallest absolute Gasteiger partial charge is 0.239 e. The summed E-state index contributed by atoms with van der Waals surface area (Å²) >= 11 is 0. The molecule has 0 aromatic carbocycles. The van der Waals surface area contributed by atoms with Crippen LogP contribution < -0.4 is 16.0 Å². The first kappa shape index (κ1) is 12.0. The number of rotatable bonds is 7. The summed E-state index contributed by atoms with van der Waals surface area (Å²) in [7, 11) is 0. The summed E-state index contributed by atoms with van der Waals surface area (Å²) in [6.07, 6.45) is 3.22. The van der Waals surface area contributed by atoms with Gasteiger partial charge in [-0.05, 0) is 19.3 Å². The molecule has 0 heterocycles. The Balaban J connectivity index is 1.96. The molecular weight excluding hydrogens is 194 g/mol. The zero-order valence-electron chi connectivity index (χ0n) is 9.14. The van der Waals surface area contributed by atoms with Gasteiger partial charge in [0.2, 0.25) is 11.8 Å². The average Bonchev–Trinajstić information content (AvgIpc) is 3.04. The number of nitrogens with one attached hydrogen (secondary N) is 3. The number of hydrogen-bond acceptors (Lipinski definition) is 3. The monoisotopic (exact) mass is 213 g/mol. The van der Waals surface area contributed by atoms with E-state index in [1.54, 1.807) is 0 Å². The molecule has 0 saturated heterocycles. The predicted molar refractivity (Wildman–Crippen MR) is 57.3 cm³/mol. The summed E-state index contributed by atoms with van der Waals surface area (Å²) < 4.78 is 0. The SMILES string of the molecule is CCCNC(=O)CNC(=O)CNC1CC1. The summed E-state index contributed by atoms with van der Waals surface area (Å²) in [6.45, 7) is 3.03. The molecule has 1 rings (SSSR count). The second kappa shape index (κ2) is 6.40. The van der Waals surface area contributed by atoms with Crippen molar-refractivity contribution >= 4 is 11.8 Å². The van der Waals surface area contributed by atoms with E-state index in [0.717, 1.165) is 19.3 Å². The van der Waals surface area contributed by atoms with Gasteiger partial charge < -0.3 is 16.0 Å². The van der Waals surface area contributed by atoms with E-state index in [9.17, 15) is 9.59 Å². The molecule has 0 atom stereocenters. The van der Waals surface area contributed by atoms with Crippen LogP contribution in [0.1, 0.15) is 26.2 Å². The van der Waals surface area contributed by atoms with Gasteiger partial charge in [0.1, 0.15) is 0 Å². The van der Waals surface area contributed by atoms with Gasteiger partial charge in [-0.1, -0.05) is 6.92 Å². The van der Waals surface area contributed by atoms with Crippen molar-refractivity contribution in [2.24, 2.45) is 0 Å². The molecular formula is C10H19N3O2. The lowest BCUT2D eigenvalue weighted by Crippen LogP contribution is -2.41. The van der Waals surface area contributed by atoms with Crippen molar-refractivity contribution in [3.05, 3.63) is 0 Å². The molecule has 0 radical (unpaired) electrons. The number of carbonyl (C=O) groups excluding carboxylic acids is 2. The second-order valence-electron chi connectivity index (χ2n) is 3.78. The summed E-state index contributed by atoms with van der Waals surface area (Å²) in [4.78, 5) is 22.3. The molecule has 2 amide bonds. The Morgan fingerprint density at radius 1 is 1.13 bits per heavy atom. The third-order valence-corrected chi connectivity index (χ3v) is 2.15. The van der Waals surface area contributed by atoms with Crippen molar-refractivity contribution in [2.45, 2.75) is 32.2 Å². The summed E-state index contributed by atoms with van der Waals surface area (Å²) in [5, 5.41) is 8.33. The van der Waals surface area contributed by atoms with Gasteiger partial charge in [0.15, 0.2) is 0 Å². The van der Waals surface area contributed by atoms with Crippen LogP contribution in [0.2, 0.25) is 0 Å². The Labute approximate surface area is 90.0 Å². The molecule has 5 nitrogen and oxygen atoms in total. The van der Waals surface area contributed by atoms with Crippen molar-refractivity contribution in [2.75, 3.05) is 19.6 Å². The van der Waals surface area contributed by atoms with Crippen LogP contribution in [0.3, 0.4) is 0 Å². The molecule has 0 aromatic heterocycles. The van der Waals surface area contributed by atoms with Gasteiger partial charge in [-0.3, -0.25) is 9.59 Å². The molecule has 15 heavy (non-hydrogen) atoms. The normalized spacial score (nSPS) is 14.7. The van der Waals surface area contributed by atoms with Crippen LogP contribution in [0.5, 0.6) is 0 Å². The predicted octanol–water partition coefficient (Wildman–Crippen LogP) is -0.619. The first-order chi connectivity index (χ1) is 7.22. The molecule has 0 aliphatic heterocycles. The molecule has 0 unspecified atom stereocenters. The minimum absolute atomic E-state index is 0.0746. The lowest BCUT2D eigenvalue weighted by molar-refractivity contribution is -0.125. The molecule has 3 N–H and O–H groups in total. The standard InChI is InChI=1S/C10H19N3O2/c1-2-5-11-9(14)7-13-10(15)6-12-8-3-4-8/h8,12H,2-7H2,1H3,(H,11,14)(H,13,15). The number of hydrogen-bond donors (Lipinski definition) is 3. The van der Waals surface area contributed by atoms with E-state index in [1.807, 2.05) is 6.92 Å². The first-order valence-electron chi connectivity index (χ1n) is 5.49. The third kappa shape index (κ3) is 6.06. The molecule has 0 spiro atoms. The molecule has 5 heteroatoms. The van der Waals surface area contributed by atoms with Crippen LogP contribution in [-0.4, -0.2) is 37.5 Å². The van der Waals surface area contributed by atoms with E-state index in [0.29, 0.717) is 19.1 Å². The summed E-state index contributed by atoms with van der Waals surface area (Å²) in [5.41, 5.74) is 0. The van der Waals surface area contributed by atoms with Crippen LogP contribution in [0.25, 0.3) is 0 Å². The van der Waals surface area contributed by atoms with Crippen LogP contribution >= 0.6 is 0 Å². The van der Waals surface area contributed by atoms with E-state index < -0.39 is 0 Å². The Hall–Kier alpha value is -1.10. The summed E-state index contributed by atoms with van der Waals surface area (Å²) in [5.74, 6) is -0.245. The maximum Gasteiger partial charge on any atom is 0.239 e. The Morgan fingerprint density at radius 3 is 2.40 bits per heavy atom. The topological polar surface area (TPSA) is 70.2 Å². The zero-order valence-corrected chi connectivity index (χ0v) is 9.14. The highest BCUT2D eigenvalue weighted by Crippen LogP contribution is 2.17. The maximum absolute atomic E-state index is 11.2. The highest BCUT2D eigenvalue weighted by atomic mass is 16.2. The molecule has 1 fully saturated rings. The average molecular weight is 213 g/mol. The first-order valence-corrected chi connectivity index (χ1v) is 5.49. The molecule has 86 valence electrons. The minimum atomic E-state index is -0.128. The number of carbonyl (C=O) groups is 2. The van der Waals surface area contributed by atoms with E-state index >= 15 is 0 Å². The van der Waals surface area contributed by atoms with E-state index in [4.69, 9.17) is 0 Å². The van der Waals surface area contributed by atoms with Crippen molar-refractivity contribution in [3.8, 4) is 0 Å². The quantitative estimate of drug-likeness (QED) is 0.528. The van der Waals surface area contributed by atoms with Gasteiger partial charge in [-0.15, -0.1) is 0 Å². The van der Waals surface area contributed by atoms with Crippen LogP contribution in [0.4, 0.5) is 0 Å². The van der Waals surface area contributed by atoms with Crippen molar-refractivity contribution in [3.63, 3.8) is 0 Å². The van der Waals surface area contributed by atoms with Crippen molar-refractivity contribution in [1.82, 2.24) is 16.0 Å². The molecule has 1 aliphatic carbocycles. The summed E-state index contributed by atoms with van der Waals surface area (Å²) in [6, 6.07) is 0.518. The fourth-order valence-electron chi connectivity index (χ4n) is 1.09. The highest BCUT2D eigenvalue weighted by Gasteiger charge is 2.21. The highest BCUT2D eigenvalue weighted by molar-refractivity contribution is 5.85. The van der Waals surface area contributed by atoms with Crippen molar-refractivity contribution < 1.29 is 9.59 Å². The minimum Gasteiger partial charge on any atom is -0.355 e. The van der Waals surface area contributed by atoms with Crippen LogP contribution in [-0.2, 0) is 9.59 Å². The van der Waals surface area contributed by atoms with Gasteiger partial charge in [-0.2, -0.15) is 0 Å². The van der Waals surface area contributed by atoms with Crippen LogP contribution in [0.15, 0.2) is 0 Å². The molecule has 0 bridgehead atoms. The van der Waals surface area contributed by atoms with Gasteiger partial charge in [0.05, 0.1) is 13.1 Å². The van der Waals surface area contributed by atoms with Gasteiger partial charge in [-0.25, -0.2) is 0 Å². The Kier molecular flexibility index (Phi) is 5.10. The van der Waals surface area contributed by atoms with Gasteiger partial charge in [0, 0.05) is 12.6 Å². The van der Waals surface area contributed by atoms with Crippen molar-refractivity contribution in [1.29, 1.82) is 0 Å². The lowest BCUT2D eigenvalue weighted by Gasteiger charge is -2.06. The number of amides is 2. The Morgan fingerprint density at radius 2 is 1.80 bits per heavy atom. The Bertz CT molecular complexity index is 227. The van der Waals surface area contributed by atoms with E-state index in [-0.39, 0.29) is 18.4 Å². The second-order valence-corrected chi connectivity index (χ2v) is 3.78. The molecule has 1 aliphatic rings. The third-order valence-electron chi connectivity index (χ3n) is 2.15. The van der Waals surface area contributed by atoms with E-state index in [1.165, 1.54) is 0 Å². The van der Waals surface area contributed by atoms with Gasteiger partial charge in [0.25, 0.3) is 0 Å². The van der Waals surface area contributed by atoms with Crippen LogP contribution in [0, 0.1) is 0 Å². The van der Waals surface area contributed by atoms with Gasteiger partial charge >= 0.3 is 0 Å². The zero-order chi connectivity index (χ0) is 11.1. The largest absolute Gasteiger partial charge is 0.355 e. The van der Waals surface area contributed by atoms with E-state index in [2.05, 4.69) is 16.0 Å². The maximum atomic E-state index is 11.2. The molecule has 1 saturated carbocycles. The fraction of sp³-hybridized carbons (Fsp3) is 0.800. The lowest BCUT2D eigenvalue weighted by atomic mass is 10.4.